The van der Waals surface area contributed by atoms with Gasteiger partial charge in [0, 0.05) is 24.7 Å². The molecule has 2 aromatic rings. The van der Waals surface area contributed by atoms with E-state index in [1.807, 2.05) is 0 Å². The molecule has 0 unspecified atom stereocenters. The van der Waals surface area contributed by atoms with Gasteiger partial charge in [-0.3, -0.25) is 4.79 Å². The Kier molecular flexibility index (Phi) is 6.30. The fourth-order valence-electron chi connectivity index (χ4n) is 4.38. The molecule has 2 aromatic carbocycles. The van der Waals surface area contributed by atoms with Crippen LogP contribution in [0.1, 0.15) is 36.3 Å². The smallest absolute Gasteiger partial charge is 0.180 e. The summed E-state index contributed by atoms with van der Waals surface area (Å²) in [7, 11) is 3.26. The number of nitrogens with zero attached hydrogens (tertiary/aromatic N) is 2. The normalized spacial score (nSPS) is 18.2. The number of benzene rings is 2. The summed E-state index contributed by atoms with van der Waals surface area (Å²) in [6.45, 7) is 0.161. The molecule has 1 aliphatic heterocycles. The lowest BCUT2D eigenvalue weighted by Gasteiger charge is -2.37. The molecule has 2 N–H and O–H groups in total. The van der Waals surface area contributed by atoms with E-state index in [2.05, 4.69) is 6.07 Å². The third-order valence-electron chi connectivity index (χ3n) is 6.05. The topological polar surface area (TPSA) is 88.6 Å². The molecule has 0 saturated carbocycles. The number of Topliss-reactive ketones (excluding diaryl/α,β-unsaturated/α-hetero) is 1. The Balaban J connectivity index is 1.75. The van der Waals surface area contributed by atoms with Crippen molar-refractivity contribution in [2.24, 2.45) is 5.73 Å². The maximum atomic E-state index is 13.2. The molecule has 0 spiro atoms. The second kappa shape index (κ2) is 9.16. The van der Waals surface area contributed by atoms with Crippen LogP contribution in [-0.4, -0.2) is 24.8 Å². The standard InChI is InChI=1S/C25H23ClFN3O3/c1-30-19-4-3-5-20(31)23(19)22(17(12-28)25(30)29)15-10-18(26)24(21(11-15)32-2)33-13-14-6-8-16(27)9-7-14/h6-11,22H,3-5,13,29H2,1-2H3/t22-/m0/s1. The van der Waals surface area contributed by atoms with Crippen LogP contribution >= 0.6 is 11.6 Å². The summed E-state index contributed by atoms with van der Waals surface area (Å²) in [6.07, 6.45) is 1.87. The zero-order chi connectivity index (χ0) is 23.7. The van der Waals surface area contributed by atoms with Crippen molar-refractivity contribution in [1.82, 2.24) is 4.90 Å². The van der Waals surface area contributed by atoms with Crippen LogP contribution < -0.4 is 15.2 Å². The zero-order valence-electron chi connectivity index (χ0n) is 18.3. The van der Waals surface area contributed by atoms with Crippen molar-refractivity contribution in [3.8, 4) is 17.6 Å². The Morgan fingerprint density at radius 3 is 2.67 bits per heavy atom. The minimum absolute atomic E-state index is 0.0000700. The van der Waals surface area contributed by atoms with Crippen molar-refractivity contribution < 1.29 is 18.7 Å². The third kappa shape index (κ3) is 4.14. The molecular weight excluding hydrogens is 445 g/mol. The van der Waals surface area contributed by atoms with Gasteiger partial charge in [-0.15, -0.1) is 0 Å². The Hall–Kier alpha value is -3.50. The number of hydrogen-bond donors (Lipinski definition) is 1. The summed E-state index contributed by atoms with van der Waals surface area (Å²) < 4.78 is 24.6. The second-order valence-electron chi connectivity index (χ2n) is 7.99. The number of rotatable bonds is 5. The first-order valence-corrected chi connectivity index (χ1v) is 10.9. The molecule has 0 radical (unpaired) electrons. The van der Waals surface area contributed by atoms with Crippen molar-refractivity contribution in [1.29, 1.82) is 5.26 Å². The molecule has 0 fully saturated rings. The van der Waals surface area contributed by atoms with E-state index in [0.29, 0.717) is 46.9 Å². The molecule has 0 amide bonds. The first-order valence-electron chi connectivity index (χ1n) is 10.5. The van der Waals surface area contributed by atoms with Crippen LogP contribution in [-0.2, 0) is 11.4 Å². The molecule has 0 bridgehead atoms. The lowest BCUT2D eigenvalue weighted by molar-refractivity contribution is -0.116. The van der Waals surface area contributed by atoms with Crippen LogP contribution in [0.4, 0.5) is 4.39 Å². The number of nitriles is 1. The van der Waals surface area contributed by atoms with Gasteiger partial charge in [-0.05, 0) is 48.2 Å². The Morgan fingerprint density at radius 1 is 1.27 bits per heavy atom. The molecule has 170 valence electrons. The van der Waals surface area contributed by atoms with Gasteiger partial charge in [0.2, 0.25) is 0 Å². The fraction of sp³-hybridized carbons (Fsp3) is 0.280. The van der Waals surface area contributed by atoms with Crippen molar-refractivity contribution in [3.05, 3.63) is 81.0 Å². The molecule has 6 nitrogen and oxygen atoms in total. The van der Waals surface area contributed by atoms with E-state index in [0.717, 1.165) is 17.7 Å². The summed E-state index contributed by atoms with van der Waals surface area (Å²) in [6, 6.07) is 11.5. The zero-order valence-corrected chi connectivity index (χ0v) is 19.1. The molecule has 8 heteroatoms. The minimum Gasteiger partial charge on any atom is -0.493 e. The number of allylic oxidation sites excluding steroid dienone is 3. The van der Waals surface area contributed by atoms with E-state index in [-0.39, 0.29) is 23.2 Å². The number of carbonyl (C=O) groups excluding carboxylic acids is 1. The summed E-state index contributed by atoms with van der Waals surface area (Å²) >= 11 is 6.58. The molecule has 2 aliphatic rings. The van der Waals surface area contributed by atoms with Crippen LogP contribution in [0.25, 0.3) is 0 Å². The Morgan fingerprint density at radius 2 is 2.00 bits per heavy atom. The van der Waals surface area contributed by atoms with Crippen molar-refractivity contribution >= 4 is 17.4 Å². The highest BCUT2D eigenvalue weighted by atomic mass is 35.5. The molecule has 1 heterocycles. The fourth-order valence-corrected chi connectivity index (χ4v) is 4.65. The molecular formula is C25H23ClFN3O3. The second-order valence-corrected chi connectivity index (χ2v) is 8.40. The van der Waals surface area contributed by atoms with Gasteiger partial charge in [0.05, 0.1) is 29.7 Å². The van der Waals surface area contributed by atoms with Gasteiger partial charge >= 0.3 is 0 Å². The van der Waals surface area contributed by atoms with E-state index < -0.39 is 5.92 Å². The summed E-state index contributed by atoms with van der Waals surface area (Å²) in [5.74, 6) is 0.0392. The Bertz CT molecular complexity index is 1210. The average Bonchev–Trinajstić information content (AvgIpc) is 2.81. The van der Waals surface area contributed by atoms with Crippen molar-refractivity contribution in [2.45, 2.75) is 31.8 Å². The van der Waals surface area contributed by atoms with Crippen LogP contribution in [0, 0.1) is 17.1 Å². The maximum absolute atomic E-state index is 13.2. The highest BCUT2D eigenvalue weighted by molar-refractivity contribution is 6.32. The summed E-state index contributed by atoms with van der Waals surface area (Å²) in [4.78, 5) is 14.7. The number of ether oxygens (including phenoxy) is 2. The predicted octanol–water partition coefficient (Wildman–Crippen LogP) is 4.80. The number of nitrogens with two attached hydrogens (primary N) is 1. The van der Waals surface area contributed by atoms with Gasteiger partial charge in [0.1, 0.15) is 18.2 Å². The number of ketones is 1. The average molecular weight is 468 g/mol. The molecule has 1 aliphatic carbocycles. The van der Waals surface area contributed by atoms with Gasteiger partial charge in [0.15, 0.2) is 17.3 Å². The van der Waals surface area contributed by atoms with E-state index in [4.69, 9.17) is 26.8 Å². The minimum atomic E-state index is -0.633. The number of hydrogen-bond acceptors (Lipinski definition) is 6. The monoisotopic (exact) mass is 467 g/mol. The maximum Gasteiger partial charge on any atom is 0.180 e. The highest BCUT2D eigenvalue weighted by Crippen LogP contribution is 2.47. The first kappa shape index (κ1) is 22.7. The van der Waals surface area contributed by atoms with E-state index in [1.165, 1.54) is 19.2 Å². The van der Waals surface area contributed by atoms with Crippen LogP contribution in [0.2, 0.25) is 5.02 Å². The van der Waals surface area contributed by atoms with E-state index >= 15 is 0 Å². The quantitative estimate of drug-likeness (QED) is 0.679. The van der Waals surface area contributed by atoms with Gasteiger partial charge in [-0.1, -0.05) is 23.7 Å². The number of carbonyl (C=O) groups is 1. The van der Waals surface area contributed by atoms with E-state index in [1.54, 1.807) is 36.2 Å². The van der Waals surface area contributed by atoms with Crippen LogP contribution in [0.3, 0.4) is 0 Å². The number of methoxy groups -OCH3 is 1. The van der Waals surface area contributed by atoms with Crippen LogP contribution in [0.5, 0.6) is 11.5 Å². The molecule has 1 atom stereocenters. The largest absolute Gasteiger partial charge is 0.493 e. The van der Waals surface area contributed by atoms with E-state index in [9.17, 15) is 14.4 Å². The summed E-state index contributed by atoms with van der Waals surface area (Å²) in [5, 5.41) is 10.2. The molecule has 33 heavy (non-hydrogen) atoms. The number of halogens is 2. The SMILES string of the molecule is COc1cc([C@H]2C(C#N)=C(N)N(C)C3=C2C(=O)CCC3)cc(Cl)c1OCc1ccc(F)cc1. The first-order chi connectivity index (χ1) is 15.8. The van der Waals surface area contributed by atoms with Gasteiger partial charge in [-0.25, -0.2) is 4.39 Å². The lowest BCUT2D eigenvalue weighted by Crippen LogP contribution is -2.36. The van der Waals surface area contributed by atoms with Gasteiger partial charge in [0.25, 0.3) is 0 Å². The molecule has 4 rings (SSSR count). The summed E-state index contributed by atoms with van der Waals surface area (Å²) in [5.41, 5.74) is 9.39. The van der Waals surface area contributed by atoms with Gasteiger partial charge in [-0.2, -0.15) is 5.26 Å². The van der Waals surface area contributed by atoms with Crippen LogP contribution in [0.15, 0.2) is 59.1 Å². The van der Waals surface area contributed by atoms with Crippen molar-refractivity contribution in [3.63, 3.8) is 0 Å². The highest BCUT2D eigenvalue weighted by Gasteiger charge is 2.39. The predicted molar refractivity (Wildman–Crippen MR) is 122 cm³/mol. The third-order valence-corrected chi connectivity index (χ3v) is 6.33. The molecule has 0 saturated heterocycles. The van der Waals surface area contributed by atoms with Crippen molar-refractivity contribution in [2.75, 3.05) is 14.2 Å². The van der Waals surface area contributed by atoms with Gasteiger partial charge < -0.3 is 20.1 Å². The molecule has 0 aromatic heterocycles. The lowest BCUT2D eigenvalue weighted by atomic mass is 9.76. The Labute approximate surface area is 196 Å².